The zero-order valence-corrected chi connectivity index (χ0v) is 20.8. The maximum atomic E-state index is 5.82. The van der Waals surface area contributed by atoms with E-state index >= 15 is 0 Å². The van der Waals surface area contributed by atoms with Gasteiger partial charge in [-0.05, 0) is 33.7 Å². The van der Waals surface area contributed by atoms with Crippen LogP contribution in [0.5, 0.6) is 11.5 Å². The Bertz CT molecular complexity index is 1240. The molecule has 1 saturated heterocycles. The SMILES string of the molecule is COc1ccc([C@H](c2nnnn2Cc2ccccc2)N2CCN(Cc3ccccc3)CC2)c(OC)c1. The van der Waals surface area contributed by atoms with Gasteiger partial charge < -0.3 is 9.47 Å². The van der Waals surface area contributed by atoms with E-state index in [1.54, 1.807) is 14.2 Å². The highest BCUT2D eigenvalue weighted by Gasteiger charge is 2.32. The Kier molecular flexibility index (Phi) is 7.54. The van der Waals surface area contributed by atoms with Crippen LogP contribution >= 0.6 is 0 Å². The van der Waals surface area contributed by atoms with E-state index in [9.17, 15) is 0 Å². The van der Waals surface area contributed by atoms with Crippen LogP contribution in [-0.2, 0) is 13.1 Å². The third kappa shape index (κ3) is 5.40. The first-order valence-corrected chi connectivity index (χ1v) is 12.3. The topological polar surface area (TPSA) is 68.5 Å². The van der Waals surface area contributed by atoms with Gasteiger partial charge in [-0.15, -0.1) is 5.10 Å². The molecular formula is C28H32N6O2. The van der Waals surface area contributed by atoms with E-state index in [0.29, 0.717) is 6.54 Å². The van der Waals surface area contributed by atoms with Crippen molar-refractivity contribution in [1.82, 2.24) is 30.0 Å². The first-order chi connectivity index (χ1) is 17.7. The van der Waals surface area contributed by atoms with E-state index in [2.05, 4.69) is 73.9 Å². The Hall–Kier alpha value is -3.75. The van der Waals surface area contributed by atoms with Crippen molar-refractivity contribution in [1.29, 1.82) is 0 Å². The second-order valence-corrected chi connectivity index (χ2v) is 8.99. The van der Waals surface area contributed by atoms with Crippen molar-refractivity contribution >= 4 is 0 Å². The molecule has 1 aliphatic rings. The summed E-state index contributed by atoms with van der Waals surface area (Å²) in [6, 6.07) is 26.7. The number of aromatic nitrogens is 4. The molecule has 0 radical (unpaired) electrons. The fourth-order valence-electron chi connectivity index (χ4n) is 4.84. The maximum Gasteiger partial charge on any atom is 0.173 e. The number of hydrogen-bond donors (Lipinski definition) is 0. The largest absolute Gasteiger partial charge is 0.497 e. The number of rotatable bonds is 9. The monoisotopic (exact) mass is 484 g/mol. The maximum absolute atomic E-state index is 5.82. The molecule has 0 bridgehead atoms. The summed E-state index contributed by atoms with van der Waals surface area (Å²) < 4.78 is 13.2. The van der Waals surface area contributed by atoms with Gasteiger partial charge in [0.05, 0.1) is 20.8 Å². The molecule has 0 amide bonds. The lowest BCUT2D eigenvalue weighted by Crippen LogP contribution is -2.48. The van der Waals surface area contributed by atoms with Crippen molar-refractivity contribution in [2.75, 3.05) is 40.4 Å². The highest BCUT2D eigenvalue weighted by atomic mass is 16.5. The normalized spacial score (nSPS) is 15.5. The van der Waals surface area contributed by atoms with E-state index in [4.69, 9.17) is 9.47 Å². The van der Waals surface area contributed by atoms with Crippen LogP contribution in [-0.4, -0.2) is 70.4 Å². The highest BCUT2D eigenvalue weighted by molar-refractivity contribution is 5.44. The van der Waals surface area contributed by atoms with Gasteiger partial charge in [0, 0.05) is 44.4 Å². The molecular weight excluding hydrogens is 452 g/mol. The quantitative estimate of drug-likeness (QED) is 0.359. The highest BCUT2D eigenvalue weighted by Crippen LogP contribution is 2.36. The first kappa shape index (κ1) is 24.0. The molecule has 3 aromatic carbocycles. The van der Waals surface area contributed by atoms with Crippen molar-refractivity contribution in [2.45, 2.75) is 19.1 Å². The molecule has 2 heterocycles. The predicted octanol–water partition coefficient (Wildman–Crippen LogP) is 3.65. The van der Waals surface area contributed by atoms with Crippen molar-refractivity contribution in [3.8, 4) is 11.5 Å². The molecule has 5 rings (SSSR count). The van der Waals surface area contributed by atoms with Crippen molar-refractivity contribution in [3.05, 3.63) is 101 Å². The number of nitrogens with zero attached hydrogens (tertiary/aromatic N) is 6. The van der Waals surface area contributed by atoms with Crippen LogP contribution in [0.3, 0.4) is 0 Å². The van der Waals surface area contributed by atoms with Gasteiger partial charge in [-0.3, -0.25) is 9.80 Å². The summed E-state index contributed by atoms with van der Waals surface area (Å²) in [6.45, 7) is 5.27. The number of tetrazole rings is 1. The van der Waals surface area contributed by atoms with Gasteiger partial charge in [0.2, 0.25) is 0 Å². The second kappa shape index (κ2) is 11.3. The number of methoxy groups -OCH3 is 2. The minimum Gasteiger partial charge on any atom is -0.497 e. The van der Waals surface area contributed by atoms with Crippen LogP contribution in [0, 0.1) is 0 Å². The molecule has 8 heteroatoms. The van der Waals surface area contributed by atoms with Crippen LogP contribution in [0.15, 0.2) is 78.9 Å². The van der Waals surface area contributed by atoms with Crippen molar-refractivity contribution < 1.29 is 9.47 Å². The van der Waals surface area contributed by atoms with Gasteiger partial charge >= 0.3 is 0 Å². The number of piperazine rings is 1. The zero-order chi connectivity index (χ0) is 24.7. The number of benzene rings is 3. The molecule has 0 aliphatic carbocycles. The minimum atomic E-state index is -0.150. The molecule has 1 atom stereocenters. The Morgan fingerprint density at radius 3 is 2.08 bits per heavy atom. The second-order valence-electron chi connectivity index (χ2n) is 8.99. The summed E-state index contributed by atoms with van der Waals surface area (Å²) in [4.78, 5) is 4.96. The molecule has 8 nitrogen and oxygen atoms in total. The number of ether oxygens (including phenoxy) is 2. The van der Waals surface area contributed by atoms with E-state index < -0.39 is 0 Å². The summed E-state index contributed by atoms with van der Waals surface area (Å²) in [7, 11) is 3.36. The standard InChI is InChI=1S/C28H32N6O2/c1-35-24-13-14-25(26(19-24)36-2)27(28-29-30-31-34(28)21-23-11-7-4-8-12-23)33-17-15-32(16-18-33)20-22-9-5-3-6-10-22/h3-14,19,27H,15-18,20-21H2,1-2H3/t27-/m1/s1. The molecule has 0 N–H and O–H groups in total. The Morgan fingerprint density at radius 1 is 0.778 bits per heavy atom. The molecule has 1 aliphatic heterocycles. The summed E-state index contributed by atoms with van der Waals surface area (Å²) >= 11 is 0. The summed E-state index contributed by atoms with van der Waals surface area (Å²) in [5, 5.41) is 13.0. The lowest BCUT2D eigenvalue weighted by atomic mass is 10.0. The average molecular weight is 485 g/mol. The summed E-state index contributed by atoms with van der Waals surface area (Å²) in [5.74, 6) is 2.32. The van der Waals surface area contributed by atoms with Crippen LogP contribution in [0.25, 0.3) is 0 Å². The molecule has 0 spiro atoms. The molecule has 186 valence electrons. The van der Waals surface area contributed by atoms with Crippen LogP contribution < -0.4 is 9.47 Å². The molecule has 0 unspecified atom stereocenters. The fraction of sp³-hybridized carbons (Fsp3) is 0.321. The molecule has 1 fully saturated rings. The fourth-order valence-corrected chi connectivity index (χ4v) is 4.84. The molecule has 4 aromatic rings. The smallest absolute Gasteiger partial charge is 0.173 e. The Morgan fingerprint density at radius 2 is 1.44 bits per heavy atom. The van der Waals surface area contributed by atoms with E-state index in [1.807, 2.05) is 35.0 Å². The van der Waals surface area contributed by atoms with Crippen LogP contribution in [0.1, 0.15) is 28.6 Å². The van der Waals surface area contributed by atoms with Crippen LogP contribution in [0.2, 0.25) is 0 Å². The lowest BCUT2D eigenvalue weighted by Gasteiger charge is -2.39. The Balaban J connectivity index is 1.44. The van der Waals surface area contributed by atoms with E-state index in [0.717, 1.165) is 61.2 Å². The zero-order valence-electron chi connectivity index (χ0n) is 20.8. The predicted molar refractivity (Wildman–Crippen MR) is 138 cm³/mol. The average Bonchev–Trinajstić information content (AvgIpc) is 3.38. The van der Waals surface area contributed by atoms with Gasteiger partial charge in [-0.2, -0.15) is 0 Å². The van der Waals surface area contributed by atoms with Gasteiger partial charge in [0.15, 0.2) is 5.82 Å². The lowest BCUT2D eigenvalue weighted by molar-refractivity contribution is 0.0992. The third-order valence-corrected chi connectivity index (χ3v) is 6.74. The van der Waals surface area contributed by atoms with Gasteiger partial charge in [-0.25, -0.2) is 4.68 Å². The van der Waals surface area contributed by atoms with E-state index in [-0.39, 0.29) is 6.04 Å². The van der Waals surface area contributed by atoms with Gasteiger partial charge in [-0.1, -0.05) is 60.7 Å². The first-order valence-electron chi connectivity index (χ1n) is 12.3. The molecule has 0 saturated carbocycles. The van der Waals surface area contributed by atoms with E-state index in [1.165, 1.54) is 5.56 Å². The Labute approximate surface area is 212 Å². The van der Waals surface area contributed by atoms with Gasteiger partial charge in [0.25, 0.3) is 0 Å². The van der Waals surface area contributed by atoms with Crippen LogP contribution in [0.4, 0.5) is 0 Å². The molecule has 36 heavy (non-hydrogen) atoms. The van der Waals surface area contributed by atoms with Gasteiger partial charge in [0.1, 0.15) is 17.5 Å². The number of hydrogen-bond acceptors (Lipinski definition) is 7. The summed E-state index contributed by atoms with van der Waals surface area (Å²) in [5.41, 5.74) is 3.52. The van der Waals surface area contributed by atoms with Crippen molar-refractivity contribution in [3.63, 3.8) is 0 Å². The minimum absolute atomic E-state index is 0.150. The van der Waals surface area contributed by atoms with Crippen molar-refractivity contribution in [2.24, 2.45) is 0 Å². The molecule has 1 aromatic heterocycles. The summed E-state index contributed by atoms with van der Waals surface area (Å²) in [6.07, 6.45) is 0. The third-order valence-electron chi connectivity index (χ3n) is 6.74.